The first-order chi connectivity index (χ1) is 16.5. The van der Waals surface area contributed by atoms with Crippen LogP contribution in [0, 0.1) is 28.6 Å². The van der Waals surface area contributed by atoms with Gasteiger partial charge in [-0.3, -0.25) is 14.4 Å². The fourth-order valence-electron chi connectivity index (χ4n) is 5.74. The summed E-state index contributed by atoms with van der Waals surface area (Å²) in [6, 6.07) is 0. The number of Topliss-reactive ketones (excluding diaryl/α,β-unsaturated/α-hetero) is 2. The molecule has 0 aromatic carbocycles. The highest BCUT2D eigenvalue weighted by atomic mass is 16.6. The van der Waals surface area contributed by atoms with Gasteiger partial charge in [0.05, 0.1) is 5.92 Å². The molecule has 36 heavy (non-hydrogen) atoms. The van der Waals surface area contributed by atoms with Crippen LogP contribution in [0.3, 0.4) is 0 Å². The molecule has 5 atom stereocenters. The van der Waals surface area contributed by atoms with E-state index < -0.39 is 40.0 Å². The zero-order valence-electron chi connectivity index (χ0n) is 24.0. The first kappa shape index (κ1) is 30.0. The first-order valence-corrected chi connectivity index (χ1v) is 13.2. The molecule has 200 valence electrons. The number of hydrogen-bond acceptors (Lipinski definition) is 5. The highest BCUT2D eigenvalue weighted by Crippen LogP contribution is 2.60. The summed E-state index contributed by atoms with van der Waals surface area (Å²) in [6.07, 6.45) is 9.64. The van der Waals surface area contributed by atoms with Gasteiger partial charge >= 0.3 is 5.97 Å². The molecule has 1 saturated heterocycles. The van der Waals surface area contributed by atoms with E-state index in [9.17, 15) is 19.5 Å². The predicted octanol–water partition coefficient (Wildman–Crippen LogP) is 6.67. The Labute approximate surface area is 217 Å². The first-order valence-electron chi connectivity index (χ1n) is 13.2. The molecule has 5 heteroatoms. The highest BCUT2D eigenvalue weighted by molar-refractivity contribution is 6.12. The summed E-state index contributed by atoms with van der Waals surface area (Å²) in [5.41, 5.74) is -1.22. The number of ether oxygens (including phenoxy) is 1. The molecule has 1 aliphatic carbocycles. The lowest BCUT2D eigenvalue weighted by Crippen LogP contribution is -2.56. The number of esters is 1. The van der Waals surface area contributed by atoms with E-state index in [2.05, 4.69) is 12.2 Å². The summed E-state index contributed by atoms with van der Waals surface area (Å²) in [5.74, 6) is -3.14. The third-order valence-corrected chi connectivity index (χ3v) is 8.14. The van der Waals surface area contributed by atoms with E-state index in [1.165, 1.54) is 11.6 Å². The number of carbonyl (C=O) groups excluding carboxylic acids is 3. The van der Waals surface area contributed by atoms with Gasteiger partial charge in [-0.2, -0.15) is 0 Å². The second-order valence-corrected chi connectivity index (χ2v) is 12.3. The molecule has 2 fully saturated rings. The van der Waals surface area contributed by atoms with Gasteiger partial charge < -0.3 is 9.84 Å². The Morgan fingerprint density at radius 2 is 1.61 bits per heavy atom. The molecular weight excluding hydrogens is 452 g/mol. The summed E-state index contributed by atoms with van der Waals surface area (Å²) in [7, 11) is 0. The standard InChI is InChI=1S/C31H46O5/c1-19(2)12-11-17-29(9)23(15-13-20(3)4)18-30(10)28(34)36-24(16-14-21(5)6)31(30,35)27(33)25(29)26(32)22(7)8/h12-14,16,22-23,25,35H,11,15,17-18H2,1-10H3/b24-16-/t23-,25+,29+,30-,31+/m1/s1. The largest absolute Gasteiger partial charge is 0.427 e. The molecule has 0 aromatic heterocycles. The van der Waals surface area contributed by atoms with Crippen LogP contribution in [-0.4, -0.2) is 28.2 Å². The topological polar surface area (TPSA) is 80.7 Å². The van der Waals surface area contributed by atoms with Gasteiger partial charge in [-0.15, -0.1) is 0 Å². The molecule has 0 unspecified atom stereocenters. The molecule has 1 saturated carbocycles. The monoisotopic (exact) mass is 498 g/mol. The Morgan fingerprint density at radius 3 is 2.11 bits per heavy atom. The van der Waals surface area contributed by atoms with Crippen LogP contribution in [0.4, 0.5) is 0 Å². The highest BCUT2D eigenvalue weighted by Gasteiger charge is 2.72. The van der Waals surface area contributed by atoms with E-state index in [-0.39, 0.29) is 23.9 Å². The summed E-state index contributed by atoms with van der Waals surface area (Å²) in [5, 5.41) is 12.2. The fourth-order valence-corrected chi connectivity index (χ4v) is 5.74. The Bertz CT molecular complexity index is 1010. The molecule has 0 radical (unpaired) electrons. The lowest BCUT2D eigenvalue weighted by molar-refractivity contribution is -0.158. The Balaban J connectivity index is 2.89. The third-order valence-electron chi connectivity index (χ3n) is 8.14. The van der Waals surface area contributed by atoms with Crippen molar-refractivity contribution in [3.63, 3.8) is 0 Å². The number of hydrogen-bond donors (Lipinski definition) is 1. The van der Waals surface area contributed by atoms with Crippen molar-refractivity contribution < 1.29 is 24.2 Å². The van der Waals surface area contributed by atoms with Gasteiger partial charge in [0.15, 0.2) is 11.4 Å². The molecule has 0 aromatic rings. The average molecular weight is 499 g/mol. The third kappa shape index (κ3) is 5.37. The van der Waals surface area contributed by atoms with Crippen LogP contribution in [0.1, 0.15) is 94.9 Å². The van der Waals surface area contributed by atoms with Crippen molar-refractivity contribution in [3.05, 3.63) is 46.8 Å². The minimum atomic E-state index is -2.21. The number of carbonyl (C=O) groups is 3. The Hall–Kier alpha value is -2.27. The zero-order chi connectivity index (χ0) is 27.6. The molecule has 0 spiro atoms. The number of ketones is 2. The van der Waals surface area contributed by atoms with Crippen LogP contribution in [0.5, 0.6) is 0 Å². The number of rotatable bonds is 8. The van der Waals surface area contributed by atoms with Gasteiger partial charge in [0.2, 0.25) is 0 Å². The van der Waals surface area contributed by atoms with E-state index in [1.54, 1.807) is 26.8 Å². The second kappa shape index (κ2) is 11.0. The lowest BCUT2D eigenvalue weighted by atomic mass is 9.60. The van der Waals surface area contributed by atoms with E-state index in [1.807, 2.05) is 48.5 Å². The van der Waals surface area contributed by atoms with E-state index in [0.717, 1.165) is 11.1 Å². The Morgan fingerprint density at radius 1 is 1.03 bits per heavy atom. The molecule has 2 rings (SSSR count). The number of fused-ring (bicyclic) bond motifs is 1. The number of aliphatic hydroxyl groups is 1. The zero-order valence-corrected chi connectivity index (χ0v) is 24.0. The number of allylic oxidation sites excluding steroid dienone is 7. The van der Waals surface area contributed by atoms with Gasteiger partial charge in [0.25, 0.3) is 0 Å². The van der Waals surface area contributed by atoms with Crippen molar-refractivity contribution >= 4 is 17.5 Å². The van der Waals surface area contributed by atoms with Crippen molar-refractivity contribution in [1.82, 2.24) is 0 Å². The quantitative estimate of drug-likeness (QED) is 0.230. The van der Waals surface area contributed by atoms with Crippen LogP contribution in [0.2, 0.25) is 0 Å². The van der Waals surface area contributed by atoms with Crippen LogP contribution in [0.25, 0.3) is 0 Å². The van der Waals surface area contributed by atoms with Gasteiger partial charge in [-0.05, 0) is 91.6 Å². The minimum absolute atomic E-state index is 0.0720. The van der Waals surface area contributed by atoms with E-state index >= 15 is 0 Å². The Kier molecular flexibility index (Phi) is 9.15. The molecule has 1 N–H and O–H groups in total. The van der Waals surface area contributed by atoms with E-state index in [4.69, 9.17) is 4.74 Å². The predicted molar refractivity (Wildman–Crippen MR) is 144 cm³/mol. The molecule has 5 nitrogen and oxygen atoms in total. The van der Waals surface area contributed by atoms with Crippen LogP contribution < -0.4 is 0 Å². The van der Waals surface area contributed by atoms with Gasteiger partial charge in [-0.1, -0.05) is 55.7 Å². The summed E-state index contributed by atoms with van der Waals surface area (Å²) < 4.78 is 5.60. The fraction of sp³-hybridized carbons (Fsp3) is 0.645. The maximum Gasteiger partial charge on any atom is 0.320 e. The van der Waals surface area contributed by atoms with Gasteiger partial charge in [-0.25, -0.2) is 0 Å². The summed E-state index contributed by atoms with van der Waals surface area (Å²) in [4.78, 5) is 41.7. The van der Waals surface area contributed by atoms with Gasteiger partial charge in [0.1, 0.15) is 17.0 Å². The van der Waals surface area contributed by atoms with Crippen molar-refractivity contribution in [2.75, 3.05) is 0 Å². The number of cyclic esters (lactones) is 1. The normalized spacial score (nSPS) is 33.1. The molecule has 0 bridgehead atoms. The summed E-state index contributed by atoms with van der Waals surface area (Å²) >= 11 is 0. The molecular formula is C31H46O5. The SMILES string of the molecule is CC(C)=C/C=C1\OC(=O)[C@@]2(C)C[C@@H](CC=C(C)C)[C@](C)(CCC=C(C)C)[C@@H](C(=O)C(C)C)C(=O)[C@@]12O. The average Bonchev–Trinajstić information content (AvgIpc) is 2.92. The minimum Gasteiger partial charge on any atom is -0.427 e. The van der Waals surface area contributed by atoms with Crippen molar-refractivity contribution in [2.24, 2.45) is 28.6 Å². The maximum absolute atomic E-state index is 14.5. The molecule has 0 amide bonds. The molecule has 1 aliphatic heterocycles. The molecule has 2 aliphatic rings. The summed E-state index contributed by atoms with van der Waals surface area (Å²) in [6.45, 7) is 19.1. The maximum atomic E-state index is 14.5. The smallest absolute Gasteiger partial charge is 0.320 e. The lowest BCUT2D eigenvalue weighted by Gasteiger charge is -2.42. The van der Waals surface area contributed by atoms with Gasteiger partial charge in [0, 0.05) is 5.92 Å². The van der Waals surface area contributed by atoms with Crippen molar-refractivity contribution in [1.29, 1.82) is 0 Å². The van der Waals surface area contributed by atoms with Crippen LogP contribution >= 0.6 is 0 Å². The van der Waals surface area contributed by atoms with Crippen LogP contribution in [-0.2, 0) is 19.1 Å². The second-order valence-electron chi connectivity index (χ2n) is 12.3. The van der Waals surface area contributed by atoms with E-state index in [0.29, 0.717) is 19.3 Å². The van der Waals surface area contributed by atoms with Crippen LogP contribution in [0.15, 0.2) is 46.8 Å². The molecule has 1 heterocycles. The van der Waals surface area contributed by atoms with Crippen molar-refractivity contribution in [3.8, 4) is 0 Å². The van der Waals surface area contributed by atoms with Crippen molar-refractivity contribution in [2.45, 2.75) is 101 Å².